The minimum atomic E-state index is -2.56. The van der Waals surface area contributed by atoms with E-state index in [0.29, 0.717) is 11.1 Å². The number of nitrogens with zero attached hydrogens (tertiary/aromatic N) is 2. The number of hydrogen-bond acceptors (Lipinski definition) is 9. The number of ketones is 3. The number of rotatable bonds is 4. The number of aliphatic hydroxyl groups is 3. The van der Waals surface area contributed by atoms with Crippen LogP contribution >= 0.6 is 0 Å². The van der Waals surface area contributed by atoms with E-state index in [1.54, 1.807) is 19.0 Å². The third kappa shape index (κ3) is 3.33. The number of fused-ring (bicyclic) bond motifs is 3. The molecule has 1 aromatic rings. The van der Waals surface area contributed by atoms with Gasteiger partial charge in [-0.3, -0.25) is 19.3 Å². The number of hydrogen-bond donors (Lipinski definition) is 4. The first kappa shape index (κ1) is 25.9. The molecule has 0 aliphatic heterocycles. The van der Waals surface area contributed by atoms with Gasteiger partial charge in [-0.15, -0.1) is 0 Å². The van der Waals surface area contributed by atoms with E-state index in [2.05, 4.69) is 0 Å². The fraction of sp³-hybridized carbons (Fsp3) is 0.519. The lowest BCUT2D eigenvalue weighted by molar-refractivity contribution is -0.148. The van der Waals surface area contributed by atoms with Gasteiger partial charge in [-0.2, -0.15) is 0 Å². The number of likely N-dealkylation sites (N-methyl/N-ethyl adjacent to an activating group) is 1. The van der Waals surface area contributed by atoms with Crippen LogP contribution in [0.4, 0.5) is 5.69 Å². The van der Waals surface area contributed by atoms with E-state index in [0.717, 1.165) is 12.6 Å². The average Bonchev–Trinajstić information content (AvgIpc) is 2.75. The van der Waals surface area contributed by atoms with Crippen LogP contribution in [0.1, 0.15) is 54.6 Å². The molecule has 4 N–H and O–H groups in total. The SMILES string of the molecule is CC(=O)C1=C(O)[C@@H](N(C)C)[C@@H]2C[C@@H]3Cc4c(N(C)C)cc(C(C)C)c(O)c4C(=O)C3=C(O)[C@]2(O)C1=O. The molecule has 36 heavy (non-hydrogen) atoms. The summed E-state index contributed by atoms with van der Waals surface area (Å²) < 4.78 is 0. The quantitative estimate of drug-likeness (QED) is 0.461. The smallest absolute Gasteiger partial charge is 0.209 e. The molecule has 0 heterocycles. The predicted molar refractivity (Wildman–Crippen MR) is 134 cm³/mol. The Bertz CT molecular complexity index is 1260. The van der Waals surface area contributed by atoms with Crippen molar-refractivity contribution in [3.05, 3.63) is 45.4 Å². The van der Waals surface area contributed by atoms with Crippen LogP contribution in [0.25, 0.3) is 0 Å². The molecule has 0 fully saturated rings. The molecule has 3 aliphatic rings. The van der Waals surface area contributed by atoms with Gasteiger partial charge >= 0.3 is 0 Å². The monoisotopic (exact) mass is 498 g/mol. The Morgan fingerprint density at radius 3 is 2.22 bits per heavy atom. The topological polar surface area (TPSA) is 139 Å². The van der Waals surface area contributed by atoms with Crippen LogP contribution in [0.2, 0.25) is 0 Å². The number of aliphatic hydroxyl groups excluding tert-OH is 2. The molecule has 194 valence electrons. The van der Waals surface area contributed by atoms with Gasteiger partial charge in [-0.1, -0.05) is 13.8 Å². The van der Waals surface area contributed by atoms with Crippen molar-refractivity contribution in [1.29, 1.82) is 0 Å². The molecule has 0 amide bonds. The molecule has 9 nitrogen and oxygen atoms in total. The second-order valence-corrected chi connectivity index (χ2v) is 10.9. The highest BCUT2D eigenvalue weighted by atomic mass is 16.3. The number of aromatic hydroxyl groups is 1. The molecular weight excluding hydrogens is 464 g/mol. The molecule has 1 aromatic carbocycles. The van der Waals surface area contributed by atoms with E-state index in [4.69, 9.17) is 0 Å². The number of allylic oxidation sites excluding steroid dienone is 1. The highest BCUT2D eigenvalue weighted by Crippen LogP contribution is 2.53. The second kappa shape index (κ2) is 8.45. The van der Waals surface area contributed by atoms with Gasteiger partial charge < -0.3 is 25.3 Å². The van der Waals surface area contributed by atoms with Crippen molar-refractivity contribution >= 4 is 23.0 Å². The molecule has 3 aliphatic carbocycles. The molecule has 9 heteroatoms. The van der Waals surface area contributed by atoms with Gasteiger partial charge in [0, 0.05) is 31.3 Å². The molecule has 0 saturated carbocycles. The number of anilines is 1. The van der Waals surface area contributed by atoms with Crippen molar-refractivity contribution in [2.24, 2.45) is 11.8 Å². The van der Waals surface area contributed by atoms with Crippen LogP contribution in [-0.4, -0.2) is 82.5 Å². The van der Waals surface area contributed by atoms with E-state index >= 15 is 0 Å². The summed E-state index contributed by atoms with van der Waals surface area (Å²) in [4.78, 5) is 43.1. The van der Waals surface area contributed by atoms with E-state index in [9.17, 15) is 34.8 Å². The summed E-state index contributed by atoms with van der Waals surface area (Å²) in [6.07, 6.45) is 0.384. The molecule has 0 saturated heterocycles. The maximum atomic E-state index is 13.9. The van der Waals surface area contributed by atoms with E-state index in [-0.39, 0.29) is 35.6 Å². The van der Waals surface area contributed by atoms with Crippen LogP contribution in [-0.2, 0) is 16.0 Å². The van der Waals surface area contributed by atoms with Crippen molar-refractivity contribution in [1.82, 2.24) is 4.90 Å². The standard InChI is InChI=1S/C27H34N2O7/c1-11(2)14-10-17(28(4)5)15-8-13-9-16-21(29(6)7)24(33)18(12(3)30)25(34)27(16,36)26(35)19(13)23(32)20(15)22(14)31/h10-11,13,16,21,31,33,35-36H,8-9H2,1-7H3/t13-,16-,21-,27+/m0/s1. The van der Waals surface area contributed by atoms with Crippen LogP contribution in [0.5, 0.6) is 5.75 Å². The zero-order chi connectivity index (χ0) is 27.0. The first-order valence-corrected chi connectivity index (χ1v) is 12.1. The third-order valence-electron chi connectivity index (χ3n) is 7.94. The Kier molecular flexibility index (Phi) is 6.08. The van der Waals surface area contributed by atoms with Gasteiger partial charge in [-0.25, -0.2) is 0 Å². The van der Waals surface area contributed by atoms with Crippen molar-refractivity contribution in [3.63, 3.8) is 0 Å². The summed E-state index contributed by atoms with van der Waals surface area (Å²) in [7, 11) is 6.97. The summed E-state index contributed by atoms with van der Waals surface area (Å²) in [5.74, 6) is -5.59. The molecule has 0 unspecified atom stereocenters. The minimum Gasteiger partial charge on any atom is -0.510 e. The largest absolute Gasteiger partial charge is 0.510 e. The van der Waals surface area contributed by atoms with Crippen molar-refractivity contribution in [2.45, 2.75) is 51.2 Å². The number of phenolic OH excluding ortho intramolecular Hbond substituents is 1. The molecule has 0 aromatic heterocycles. The third-order valence-corrected chi connectivity index (χ3v) is 7.94. The molecule has 0 bridgehead atoms. The number of phenols is 1. The molecular formula is C27H34N2O7. The number of benzene rings is 1. The van der Waals surface area contributed by atoms with Crippen LogP contribution in [0.3, 0.4) is 0 Å². The number of carbonyl (C=O) groups excluding carboxylic acids is 3. The summed E-state index contributed by atoms with van der Waals surface area (Å²) in [5, 5.41) is 45.2. The van der Waals surface area contributed by atoms with E-state index < -0.39 is 57.9 Å². The normalized spacial score (nSPS) is 27.9. The second-order valence-electron chi connectivity index (χ2n) is 10.9. The molecule has 0 radical (unpaired) electrons. The fourth-order valence-electron chi connectivity index (χ4n) is 6.26. The Morgan fingerprint density at radius 1 is 1.11 bits per heavy atom. The molecule has 4 atom stereocenters. The summed E-state index contributed by atoms with van der Waals surface area (Å²) >= 11 is 0. The van der Waals surface area contributed by atoms with Gasteiger partial charge in [0.1, 0.15) is 22.8 Å². The van der Waals surface area contributed by atoms with Crippen molar-refractivity contribution in [3.8, 4) is 5.75 Å². The predicted octanol–water partition coefficient (Wildman–Crippen LogP) is 2.41. The fourth-order valence-corrected chi connectivity index (χ4v) is 6.26. The van der Waals surface area contributed by atoms with Gasteiger partial charge in [0.25, 0.3) is 0 Å². The Hall–Kier alpha value is -3.17. The van der Waals surface area contributed by atoms with E-state index in [1.165, 1.54) is 0 Å². The summed E-state index contributed by atoms with van der Waals surface area (Å²) in [6.45, 7) is 4.89. The Labute approximate surface area is 210 Å². The van der Waals surface area contributed by atoms with Gasteiger partial charge in [-0.05, 0) is 62.9 Å². The maximum Gasteiger partial charge on any atom is 0.209 e. The minimum absolute atomic E-state index is 0.0577. The zero-order valence-corrected chi connectivity index (χ0v) is 21.7. The van der Waals surface area contributed by atoms with Crippen molar-refractivity contribution < 1.29 is 34.8 Å². The average molecular weight is 499 g/mol. The molecule has 4 rings (SSSR count). The van der Waals surface area contributed by atoms with Gasteiger partial charge in [0.15, 0.2) is 17.2 Å². The van der Waals surface area contributed by atoms with Crippen LogP contribution in [0.15, 0.2) is 28.7 Å². The number of carbonyl (C=O) groups is 3. The lowest BCUT2D eigenvalue weighted by atomic mass is 9.58. The number of Topliss-reactive ketones (excluding diaryl/α,β-unsaturated/α-hetero) is 3. The summed E-state index contributed by atoms with van der Waals surface area (Å²) in [6, 6.07) is 0.928. The van der Waals surface area contributed by atoms with Crippen molar-refractivity contribution in [2.75, 3.05) is 33.1 Å². The van der Waals surface area contributed by atoms with Gasteiger partial charge in [0.05, 0.1) is 11.6 Å². The highest BCUT2D eigenvalue weighted by molar-refractivity contribution is 6.25. The lowest BCUT2D eigenvalue weighted by Gasteiger charge is -2.50. The molecule has 0 spiro atoms. The Balaban J connectivity index is 2.00. The zero-order valence-electron chi connectivity index (χ0n) is 21.7. The van der Waals surface area contributed by atoms with Crippen LogP contribution < -0.4 is 4.90 Å². The maximum absolute atomic E-state index is 13.9. The lowest BCUT2D eigenvalue weighted by Crippen LogP contribution is -2.63. The van der Waals surface area contributed by atoms with Gasteiger partial charge in [0.2, 0.25) is 5.78 Å². The Morgan fingerprint density at radius 2 is 1.72 bits per heavy atom. The van der Waals surface area contributed by atoms with E-state index in [1.807, 2.05) is 38.9 Å². The first-order valence-electron chi connectivity index (χ1n) is 12.1. The summed E-state index contributed by atoms with van der Waals surface area (Å²) in [5.41, 5.74) is -1.24. The highest BCUT2D eigenvalue weighted by Gasteiger charge is 2.63. The first-order chi connectivity index (χ1) is 16.7. The van der Waals surface area contributed by atoms with Crippen LogP contribution in [0, 0.1) is 11.8 Å².